The van der Waals surface area contributed by atoms with Crippen molar-refractivity contribution in [2.75, 3.05) is 6.54 Å². The van der Waals surface area contributed by atoms with Crippen LogP contribution in [-0.4, -0.2) is 18.2 Å². The van der Waals surface area contributed by atoms with Crippen molar-refractivity contribution in [2.45, 2.75) is 33.3 Å². The van der Waals surface area contributed by atoms with Gasteiger partial charge in [-0.15, -0.1) is 11.3 Å². The number of benzene rings is 1. The van der Waals surface area contributed by atoms with Gasteiger partial charge in [0, 0.05) is 16.1 Å². The molecule has 0 saturated heterocycles. The molecule has 0 bridgehead atoms. The molecule has 3 nitrogen and oxygen atoms in total. The Balaban J connectivity index is 1.95. The average Bonchev–Trinajstić information content (AvgIpc) is 2.70. The van der Waals surface area contributed by atoms with Crippen LogP contribution in [-0.2, 0) is 4.74 Å². The SMILES string of the molecule is Cc1c(C=CCNC(=O)OC(C)(C)C)sc2ccccc12. The van der Waals surface area contributed by atoms with Crippen LogP contribution >= 0.6 is 11.3 Å². The lowest BCUT2D eigenvalue weighted by Gasteiger charge is -2.19. The third-order valence-corrected chi connectivity index (χ3v) is 4.15. The van der Waals surface area contributed by atoms with E-state index in [0.29, 0.717) is 6.54 Å². The second-order valence-electron chi connectivity index (χ2n) is 5.87. The van der Waals surface area contributed by atoms with E-state index in [1.165, 1.54) is 20.5 Å². The molecule has 21 heavy (non-hydrogen) atoms. The Hall–Kier alpha value is -1.81. The van der Waals surface area contributed by atoms with E-state index in [0.717, 1.165) is 0 Å². The molecule has 1 N–H and O–H groups in total. The summed E-state index contributed by atoms with van der Waals surface area (Å²) in [6, 6.07) is 8.37. The number of aryl methyl sites for hydroxylation is 1. The van der Waals surface area contributed by atoms with E-state index in [1.807, 2.05) is 26.8 Å². The fourth-order valence-corrected chi connectivity index (χ4v) is 3.12. The van der Waals surface area contributed by atoms with E-state index in [4.69, 9.17) is 4.74 Å². The average molecular weight is 303 g/mol. The number of hydrogen-bond donors (Lipinski definition) is 1. The number of fused-ring (bicyclic) bond motifs is 1. The zero-order valence-corrected chi connectivity index (χ0v) is 13.7. The number of nitrogens with one attached hydrogen (secondary N) is 1. The first-order valence-corrected chi connectivity index (χ1v) is 7.80. The van der Waals surface area contributed by atoms with Gasteiger partial charge in [0.1, 0.15) is 5.60 Å². The lowest BCUT2D eigenvalue weighted by molar-refractivity contribution is 0.0534. The van der Waals surface area contributed by atoms with E-state index in [2.05, 4.69) is 42.6 Å². The predicted octanol–water partition coefficient (Wildman–Crippen LogP) is 4.75. The molecule has 0 atom stereocenters. The maximum absolute atomic E-state index is 11.5. The number of amides is 1. The number of thiophene rings is 1. The molecule has 0 aliphatic rings. The highest BCUT2D eigenvalue weighted by molar-refractivity contribution is 7.20. The van der Waals surface area contributed by atoms with Crippen molar-refractivity contribution in [3.8, 4) is 0 Å². The largest absolute Gasteiger partial charge is 0.444 e. The molecule has 1 aromatic heterocycles. The Labute approximate surface area is 129 Å². The normalized spacial score (nSPS) is 12.0. The Kier molecular flexibility index (Phi) is 4.68. The van der Waals surface area contributed by atoms with Crippen LogP contribution in [0.4, 0.5) is 4.79 Å². The minimum Gasteiger partial charge on any atom is -0.444 e. The van der Waals surface area contributed by atoms with Crippen molar-refractivity contribution in [3.63, 3.8) is 0 Å². The molecule has 1 heterocycles. The third-order valence-electron chi connectivity index (χ3n) is 2.91. The molecule has 0 radical (unpaired) electrons. The Morgan fingerprint density at radius 1 is 1.33 bits per heavy atom. The minimum atomic E-state index is -0.462. The first kappa shape index (κ1) is 15.6. The van der Waals surface area contributed by atoms with Crippen LogP contribution in [0.25, 0.3) is 16.2 Å². The van der Waals surface area contributed by atoms with E-state index in [1.54, 1.807) is 11.3 Å². The molecule has 0 spiro atoms. The number of carbonyl (C=O) groups is 1. The van der Waals surface area contributed by atoms with Crippen molar-refractivity contribution in [2.24, 2.45) is 0 Å². The van der Waals surface area contributed by atoms with E-state index in [9.17, 15) is 4.79 Å². The summed E-state index contributed by atoms with van der Waals surface area (Å²) in [5.74, 6) is 0. The summed E-state index contributed by atoms with van der Waals surface area (Å²) in [7, 11) is 0. The Morgan fingerprint density at radius 2 is 2.05 bits per heavy atom. The van der Waals surface area contributed by atoms with Gasteiger partial charge in [0.25, 0.3) is 0 Å². The predicted molar refractivity (Wildman–Crippen MR) is 89.8 cm³/mol. The number of rotatable bonds is 3. The highest BCUT2D eigenvalue weighted by atomic mass is 32.1. The van der Waals surface area contributed by atoms with Crippen LogP contribution in [0.15, 0.2) is 30.3 Å². The number of carbonyl (C=O) groups excluding carboxylic acids is 1. The second-order valence-corrected chi connectivity index (χ2v) is 6.96. The molecule has 0 aliphatic carbocycles. The van der Waals surface area contributed by atoms with Gasteiger partial charge in [-0.25, -0.2) is 4.79 Å². The van der Waals surface area contributed by atoms with Crippen molar-refractivity contribution in [1.82, 2.24) is 5.32 Å². The second kappa shape index (κ2) is 6.31. The fourth-order valence-electron chi connectivity index (χ4n) is 1.97. The molecule has 0 unspecified atom stereocenters. The fraction of sp³-hybridized carbons (Fsp3) is 0.353. The zero-order valence-electron chi connectivity index (χ0n) is 12.9. The molecule has 112 valence electrons. The summed E-state index contributed by atoms with van der Waals surface area (Å²) < 4.78 is 6.47. The molecule has 0 saturated carbocycles. The van der Waals surface area contributed by atoms with Crippen molar-refractivity contribution in [1.29, 1.82) is 0 Å². The molecule has 2 rings (SSSR count). The highest BCUT2D eigenvalue weighted by Gasteiger charge is 2.15. The molecule has 2 aromatic rings. The summed E-state index contributed by atoms with van der Waals surface area (Å²) in [5, 5.41) is 4.01. The van der Waals surface area contributed by atoms with E-state index < -0.39 is 5.60 Å². The molecular weight excluding hydrogens is 282 g/mol. The van der Waals surface area contributed by atoms with Gasteiger partial charge < -0.3 is 10.1 Å². The summed E-state index contributed by atoms with van der Waals surface area (Å²) in [6.45, 7) is 8.14. The quantitative estimate of drug-likeness (QED) is 0.888. The van der Waals surface area contributed by atoms with Crippen molar-refractivity contribution in [3.05, 3.63) is 40.8 Å². The number of ether oxygens (including phenoxy) is 1. The summed E-state index contributed by atoms with van der Waals surface area (Å²) in [4.78, 5) is 12.7. The van der Waals surface area contributed by atoms with E-state index >= 15 is 0 Å². The van der Waals surface area contributed by atoms with E-state index in [-0.39, 0.29) is 6.09 Å². The van der Waals surface area contributed by atoms with Gasteiger partial charge in [0.2, 0.25) is 0 Å². The van der Waals surface area contributed by atoms with Crippen LogP contribution in [0.5, 0.6) is 0 Å². The first-order chi connectivity index (χ1) is 9.87. The van der Waals surface area contributed by atoms with Gasteiger partial charge in [0.05, 0.1) is 0 Å². The maximum Gasteiger partial charge on any atom is 0.407 e. The molecule has 0 aliphatic heterocycles. The Bertz CT molecular complexity index is 665. The highest BCUT2D eigenvalue weighted by Crippen LogP contribution is 2.31. The Morgan fingerprint density at radius 3 is 2.71 bits per heavy atom. The van der Waals surface area contributed by atoms with Crippen LogP contribution in [0.2, 0.25) is 0 Å². The molecular formula is C17H21NO2S. The van der Waals surface area contributed by atoms with Gasteiger partial charge in [-0.05, 0) is 50.8 Å². The van der Waals surface area contributed by atoms with Crippen molar-refractivity contribution < 1.29 is 9.53 Å². The van der Waals surface area contributed by atoms with Gasteiger partial charge in [-0.1, -0.05) is 24.3 Å². The molecule has 1 amide bonds. The monoisotopic (exact) mass is 303 g/mol. The molecule has 4 heteroatoms. The summed E-state index contributed by atoms with van der Waals surface area (Å²) in [5.41, 5.74) is 0.819. The smallest absolute Gasteiger partial charge is 0.407 e. The maximum atomic E-state index is 11.5. The summed E-state index contributed by atoms with van der Waals surface area (Å²) in [6.07, 6.45) is 3.61. The zero-order chi connectivity index (χ0) is 15.5. The standard InChI is InChI=1S/C17H21NO2S/c1-12-13-8-5-6-9-15(13)21-14(12)10-7-11-18-16(19)20-17(2,3)4/h5-10H,11H2,1-4H3,(H,18,19). The van der Waals surface area contributed by atoms with Gasteiger partial charge in [0.15, 0.2) is 0 Å². The summed E-state index contributed by atoms with van der Waals surface area (Å²) >= 11 is 1.76. The number of alkyl carbamates (subject to hydrolysis) is 1. The molecule has 0 fully saturated rings. The lowest BCUT2D eigenvalue weighted by atomic mass is 10.1. The van der Waals surface area contributed by atoms with Gasteiger partial charge >= 0.3 is 6.09 Å². The van der Waals surface area contributed by atoms with Crippen LogP contribution in [0, 0.1) is 6.92 Å². The van der Waals surface area contributed by atoms with Crippen molar-refractivity contribution >= 4 is 33.6 Å². The topological polar surface area (TPSA) is 38.3 Å². The number of hydrogen-bond acceptors (Lipinski definition) is 3. The van der Waals surface area contributed by atoms with Crippen LogP contribution in [0.1, 0.15) is 31.2 Å². The van der Waals surface area contributed by atoms with Gasteiger partial charge in [-0.2, -0.15) is 0 Å². The van der Waals surface area contributed by atoms with Gasteiger partial charge in [-0.3, -0.25) is 0 Å². The minimum absolute atomic E-state index is 0.389. The van der Waals surface area contributed by atoms with Crippen LogP contribution in [0.3, 0.4) is 0 Å². The van der Waals surface area contributed by atoms with Crippen LogP contribution < -0.4 is 5.32 Å². The lowest BCUT2D eigenvalue weighted by Crippen LogP contribution is -2.32. The molecule has 1 aromatic carbocycles. The first-order valence-electron chi connectivity index (χ1n) is 6.98. The third kappa shape index (κ3) is 4.33.